The Kier molecular flexibility index (Phi) is 22.4. The fraction of sp³-hybridized carbons (Fsp3) is 0.367. The second kappa shape index (κ2) is 28.9. The molecule has 0 unspecified atom stereocenters. The molecule has 20 heteroatoms. The third-order valence-electron chi connectivity index (χ3n) is 10.2. The first-order valence-corrected chi connectivity index (χ1v) is 22.6. The summed E-state index contributed by atoms with van der Waals surface area (Å²) in [5.74, 6) is -2.49. The van der Waals surface area contributed by atoms with Gasteiger partial charge in [0.15, 0.2) is 0 Å². The Balaban J connectivity index is 1.25. The lowest BCUT2D eigenvalue weighted by atomic mass is 10.0. The van der Waals surface area contributed by atoms with E-state index in [-0.39, 0.29) is 69.0 Å². The average Bonchev–Trinajstić information content (AvgIpc) is 3.33. The van der Waals surface area contributed by atoms with Crippen LogP contribution in [-0.2, 0) is 53.1 Å². The van der Waals surface area contributed by atoms with Gasteiger partial charge in [-0.2, -0.15) is 0 Å². The topological polar surface area (TPSA) is 287 Å². The lowest BCUT2D eigenvalue weighted by molar-refractivity contribution is -0.143. The Morgan fingerprint density at radius 1 is 0.638 bits per heavy atom. The van der Waals surface area contributed by atoms with Crippen LogP contribution in [0.25, 0.3) is 0 Å². The zero-order valence-corrected chi connectivity index (χ0v) is 39.0. The van der Waals surface area contributed by atoms with Crippen molar-refractivity contribution in [2.45, 2.75) is 97.6 Å². The van der Waals surface area contributed by atoms with Crippen LogP contribution < -0.4 is 43.0 Å². The highest BCUT2D eigenvalue weighted by Gasteiger charge is 2.29. The first-order valence-electron chi connectivity index (χ1n) is 22.6. The third-order valence-corrected chi connectivity index (χ3v) is 10.2. The number of nitrogens with one attached hydrogen (secondary N) is 7. The van der Waals surface area contributed by atoms with Crippen LogP contribution in [0.5, 0.6) is 0 Å². The molecule has 4 rings (SSSR count). The summed E-state index contributed by atoms with van der Waals surface area (Å²) in [6, 6.07) is 20.5. The lowest BCUT2D eigenvalue weighted by Crippen LogP contribution is -2.54. The third kappa shape index (κ3) is 20.2. The monoisotopic (exact) mass is 951 g/mol. The standard InChI is InChI=1S/C49H61N9O11/c1-4-67-42(60)17-7-5-6-16-41(59)58-43(32(2)3)46(63)56-40(15-11-27-52-47(50)64)45(62)54-37-24-20-34(21-25-37)30-69-49(66)57-39-14-9-8-13-38(39)55-44(61)36-22-18-33(19-23-36)29-53-48(65)68-31-35-12-10-26-51-28-35/h8-10,12-14,18-26,28,32,40,43H,4-7,11,15-17,27,29-31H2,1-3H3,(H,53,65)(H,54,62)(H,55,61)(H,56,63)(H,57,66)(H,58,59)(H3,50,52,64)/t40-,43-/m0/s1. The molecule has 0 aliphatic carbocycles. The van der Waals surface area contributed by atoms with E-state index in [1.165, 1.54) is 0 Å². The number of ether oxygens (including phenoxy) is 3. The van der Waals surface area contributed by atoms with Crippen molar-refractivity contribution in [2.75, 3.05) is 29.1 Å². The summed E-state index contributed by atoms with van der Waals surface area (Å²) in [4.78, 5) is 105. The molecule has 1 heterocycles. The predicted molar refractivity (Wildman–Crippen MR) is 256 cm³/mol. The molecule has 0 aliphatic rings. The molecular weight excluding hydrogens is 891 g/mol. The van der Waals surface area contributed by atoms with Crippen LogP contribution in [0.15, 0.2) is 97.3 Å². The van der Waals surface area contributed by atoms with Gasteiger partial charge in [-0.1, -0.05) is 62.7 Å². The molecule has 20 nitrogen and oxygen atoms in total. The number of primary amides is 1. The van der Waals surface area contributed by atoms with Gasteiger partial charge < -0.3 is 51.8 Å². The number of unbranched alkanes of at least 4 members (excludes halogenated alkanes) is 2. The van der Waals surface area contributed by atoms with Crippen molar-refractivity contribution in [1.82, 2.24) is 26.3 Å². The largest absolute Gasteiger partial charge is 0.466 e. The van der Waals surface area contributed by atoms with Crippen LogP contribution in [-0.4, -0.2) is 78.0 Å². The van der Waals surface area contributed by atoms with Gasteiger partial charge in [0.1, 0.15) is 25.3 Å². The van der Waals surface area contributed by atoms with Crippen molar-refractivity contribution in [2.24, 2.45) is 11.7 Å². The number of carbonyl (C=O) groups excluding carboxylic acids is 8. The summed E-state index contributed by atoms with van der Waals surface area (Å²) in [6.07, 6.45) is 4.40. The van der Waals surface area contributed by atoms with Gasteiger partial charge in [-0.15, -0.1) is 0 Å². The zero-order chi connectivity index (χ0) is 50.0. The number of hydrogen-bond donors (Lipinski definition) is 8. The summed E-state index contributed by atoms with van der Waals surface area (Å²) in [5, 5.41) is 18.8. The van der Waals surface area contributed by atoms with Gasteiger partial charge in [0.2, 0.25) is 17.7 Å². The average molecular weight is 952 g/mol. The van der Waals surface area contributed by atoms with Crippen LogP contribution in [0, 0.1) is 5.92 Å². The van der Waals surface area contributed by atoms with Gasteiger partial charge in [-0.25, -0.2) is 14.4 Å². The van der Waals surface area contributed by atoms with Crippen LogP contribution in [0.4, 0.5) is 31.4 Å². The molecule has 0 aliphatic heterocycles. The minimum absolute atomic E-state index is 0.0796. The lowest BCUT2D eigenvalue weighted by Gasteiger charge is -2.25. The van der Waals surface area contributed by atoms with Crippen LogP contribution in [0.2, 0.25) is 0 Å². The molecule has 3 aromatic carbocycles. The number of pyridine rings is 1. The van der Waals surface area contributed by atoms with Gasteiger partial charge in [0.25, 0.3) is 5.91 Å². The molecular formula is C49H61N9O11. The van der Waals surface area contributed by atoms with E-state index in [9.17, 15) is 38.4 Å². The van der Waals surface area contributed by atoms with Gasteiger partial charge in [-0.05, 0) is 92.1 Å². The van der Waals surface area contributed by atoms with E-state index in [1.54, 1.807) is 118 Å². The molecule has 0 saturated carbocycles. The van der Waals surface area contributed by atoms with Gasteiger partial charge in [-0.3, -0.25) is 34.3 Å². The fourth-order valence-electron chi connectivity index (χ4n) is 6.53. The molecule has 1 aromatic heterocycles. The van der Waals surface area contributed by atoms with Gasteiger partial charge >= 0.3 is 24.2 Å². The highest BCUT2D eigenvalue weighted by atomic mass is 16.6. The Morgan fingerprint density at radius 2 is 1.30 bits per heavy atom. The molecule has 0 spiro atoms. The number of anilines is 3. The summed E-state index contributed by atoms with van der Waals surface area (Å²) < 4.78 is 15.6. The molecule has 9 N–H and O–H groups in total. The Bertz CT molecular complexity index is 2330. The fourth-order valence-corrected chi connectivity index (χ4v) is 6.53. The number of nitrogens with two attached hydrogens (primary N) is 1. The van der Waals surface area contributed by atoms with E-state index < -0.39 is 48.0 Å². The smallest absolute Gasteiger partial charge is 0.412 e. The molecule has 0 fully saturated rings. The second-order valence-electron chi connectivity index (χ2n) is 16.0. The summed E-state index contributed by atoms with van der Waals surface area (Å²) in [7, 11) is 0. The number of alkyl carbamates (subject to hydrolysis) is 1. The van der Waals surface area contributed by atoms with Crippen molar-refractivity contribution < 1.29 is 52.6 Å². The number of para-hydroxylation sites is 2. The van der Waals surface area contributed by atoms with E-state index in [1.807, 2.05) is 0 Å². The number of nitrogens with zero attached hydrogens (tertiary/aromatic N) is 1. The van der Waals surface area contributed by atoms with Gasteiger partial charge in [0, 0.05) is 55.1 Å². The van der Waals surface area contributed by atoms with Crippen LogP contribution in [0.3, 0.4) is 0 Å². The number of hydrogen-bond acceptors (Lipinski definition) is 12. The van der Waals surface area contributed by atoms with E-state index in [4.69, 9.17) is 19.9 Å². The Hall–Kier alpha value is -8.03. The number of rotatable bonds is 26. The normalized spacial score (nSPS) is 11.5. The van der Waals surface area contributed by atoms with E-state index in [2.05, 4.69) is 42.2 Å². The van der Waals surface area contributed by atoms with Crippen LogP contribution >= 0.6 is 0 Å². The summed E-state index contributed by atoms with van der Waals surface area (Å²) in [5.41, 5.74) is 8.59. The van der Waals surface area contributed by atoms with E-state index >= 15 is 0 Å². The van der Waals surface area contributed by atoms with Crippen molar-refractivity contribution in [3.05, 3.63) is 120 Å². The predicted octanol–water partition coefficient (Wildman–Crippen LogP) is 6.04. The molecule has 0 radical (unpaired) electrons. The quantitative estimate of drug-likeness (QED) is 0.0203. The highest BCUT2D eigenvalue weighted by molar-refractivity contribution is 6.07. The maximum atomic E-state index is 13.6. The van der Waals surface area contributed by atoms with E-state index in [0.717, 1.165) is 11.1 Å². The number of amides is 8. The Morgan fingerprint density at radius 3 is 1.97 bits per heavy atom. The van der Waals surface area contributed by atoms with Crippen molar-refractivity contribution in [3.63, 3.8) is 0 Å². The first-order chi connectivity index (χ1) is 33.2. The minimum Gasteiger partial charge on any atom is -0.466 e. The van der Waals surface area contributed by atoms with Crippen molar-refractivity contribution in [3.8, 4) is 0 Å². The molecule has 0 saturated heterocycles. The molecule has 4 aromatic rings. The molecule has 368 valence electrons. The van der Waals surface area contributed by atoms with Crippen LogP contribution in [0.1, 0.15) is 92.8 Å². The Labute approximate surface area is 400 Å². The maximum absolute atomic E-state index is 13.6. The highest BCUT2D eigenvalue weighted by Crippen LogP contribution is 2.23. The minimum atomic E-state index is -1.05. The molecule has 2 atom stereocenters. The van der Waals surface area contributed by atoms with E-state index in [0.29, 0.717) is 54.8 Å². The second-order valence-corrected chi connectivity index (χ2v) is 16.0. The number of esters is 1. The molecule has 0 bridgehead atoms. The maximum Gasteiger partial charge on any atom is 0.412 e. The number of aromatic nitrogens is 1. The molecule has 69 heavy (non-hydrogen) atoms. The van der Waals surface area contributed by atoms with Gasteiger partial charge in [0.05, 0.1) is 18.0 Å². The molecule has 8 amide bonds. The van der Waals surface area contributed by atoms with Crippen molar-refractivity contribution in [1.29, 1.82) is 0 Å². The summed E-state index contributed by atoms with van der Waals surface area (Å²) in [6.45, 7) is 5.85. The first kappa shape index (κ1) is 53.6. The number of carbonyl (C=O) groups is 8. The number of benzene rings is 3. The number of urea groups is 1. The summed E-state index contributed by atoms with van der Waals surface area (Å²) >= 11 is 0. The van der Waals surface area contributed by atoms with Crippen molar-refractivity contribution >= 4 is 64.9 Å². The SMILES string of the molecule is CCOC(=O)CCCCCC(=O)N[C@H](C(=O)N[C@@H](CCCNC(N)=O)C(=O)Nc1ccc(COC(=O)Nc2ccccc2NC(=O)c2ccc(CNC(=O)OCc3cccnc3)cc2)cc1)C(C)C. The zero-order valence-electron chi connectivity index (χ0n) is 39.0.